The van der Waals surface area contributed by atoms with Gasteiger partial charge >= 0.3 is 0 Å². The molecule has 3 N–H and O–H groups in total. The van der Waals surface area contributed by atoms with Crippen molar-refractivity contribution in [2.75, 3.05) is 11.1 Å². The Morgan fingerprint density at radius 2 is 2.10 bits per heavy atom. The maximum Gasteiger partial charge on any atom is 0.0856 e. The summed E-state index contributed by atoms with van der Waals surface area (Å²) < 4.78 is 1.82. The smallest absolute Gasteiger partial charge is 0.0856 e. The van der Waals surface area contributed by atoms with Crippen molar-refractivity contribution >= 4 is 28.0 Å². The minimum atomic E-state index is 0.720. The minimum absolute atomic E-state index is 0.720. The Kier molecular flexibility index (Phi) is 3.02. The van der Waals surface area contributed by atoms with Crippen molar-refractivity contribution in [3.63, 3.8) is 0 Å². The Bertz CT molecular complexity index is 760. The zero-order valence-electron chi connectivity index (χ0n) is 11.6. The van der Waals surface area contributed by atoms with E-state index >= 15 is 0 Å². The third-order valence-corrected chi connectivity index (χ3v) is 3.28. The van der Waals surface area contributed by atoms with Gasteiger partial charge in [-0.15, -0.1) is 0 Å². The molecule has 5 nitrogen and oxygen atoms in total. The van der Waals surface area contributed by atoms with Crippen LogP contribution in [0.15, 0.2) is 36.7 Å². The van der Waals surface area contributed by atoms with Crippen LogP contribution in [0.3, 0.4) is 0 Å². The highest BCUT2D eigenvalue weighted by Crippen LogP contribution is 2.27. The highest BCUT2D eigenvalue weighted by Gasteiger charge is 2.08. The predicted octanol–water partition coefficient (Wildman–Crippen LogP) is 2.86. The maximum atomic E-state index is 5.80. The van der Waals surface area contributed by atoms with Crippen LogP contribution in [-0.2, 0) is 13.5 Å². The summed E-state index contributed by atoms with van der Waals surface area (Å²) in [4.78, 5) is 4.35. The molecule has 0 radical (unpaired) electrons. The van der Waals surface area contributed by atoms with Crippen LogP contribution in [0.1, 0.15) is 12.6 Å². The number of benzene rings is 1. The molecule has 0 aliphatic heterocycles. The molecule has 102 valence electrons. The molecule has 0 fully saturated rings. The quantitative estimate of drug-likeness (QED) is 0.716. The van der Waals surface area contributed by atoms with E-state index in [4.69, 9.17) is 5.73 Å². The number of rotatable bonds is 3. The Balaban J connectivity index is 2.06. The first-order valence-corrected chi connectivity index (χ1v) is 6.61. The van der Waals surface area contributed by atoms with Gasteiger partial charge in [0, 0.05) is 36.2 Å². The second kappa shape index (κ2) is 4.85. The van der Waals surface area contributed by atoms with Gasteiger partial charge in [0.1, 0.15) is 0 Å². The SMILES string of the molecule is CCc1nn(C)cc1Nc1ccnc2cc(N)ccc12. The lowest BCUT2D eigenvalue weighted by Gasteiger charge is -2.09. The molecule has 0 bridgehead atoms. The topological polar surface area (TPSA) is 68.8 Å². The van der Waals surface area contributed by atoms with Gasteiger partial charge in [-0.05, 0) is 30.7 Å². The fourth-order valence-electron chi connectivity index (χ4n) is 2.32. The van der Waals surface area contributed by atoms with Crippen molar-refractivity contribution in [3.05, 3.63) is 42.4 Å². The lowest BCUT2D eigenvalue weighted by atomic mass is 10.1. The number of nitrogens with two attached hydrogens (primary N) is 1. The molecule has 20 heavy (non-hydrogen) atoms. The summed E-state index contributed by atoms with van der Waals surface area (Å²) >= 11 is 0. The molecule has 3 rings (SSSR count). The van der Waals surface area contributed by atoms with Crippen LogP contribution in [0.2, 0.25) is 0 Å². The third kappa shape index (κ3) is 2.18. The van der Waals surface area contributed by atoms with Crippen LogP contribution in [-0.4, -0.2) is 14.8 Å². The lowest BCUT2D eigenvalue weighted by Crippen LogP contribution is -1.95. The highest BCUT2D eigenvalue weighted by molar-refractivity contribution is 5.94. The van der Waals surface area contributed by atoms with Crippen molar-refractivity contribution in [3.8, 4) is 0 Å². The number of anilines is 3. The van der Waals surface area contributed by atoms with Crippen molar-refractivity contribution in [1.82, 2.24) is 14.8 Å². The molecule has 3 aromatic rings. The second-order valence-electron chi connectivity index (χ2n) is 4.78. The van der Waals surface area contributed by atoms with Crippen molar-refractivity contribution in [2.45, 2.75) is 13.3 Å². The molecular formula is C15H17N5. The van der Waals surface area contributed by atoms with Crippen molar-refractivity contribution in [1.29, 1.82) is 0 Å². The van der Waals surface area contributed by atoms with Gasteiger partial charge in [0.15, 0.2) is 0 Å². The number of nitrogen functional groups attached to an aromatic ring is 1. The van der Waals surface area contributed by atoms with Crippen LogP contribution in [0.25, 0.3) is 10.9 Å². The van der Waals surface area contributed by atoms with E-state index in [0.717, 1.165) is 40.1 Å². The summed E-state index contributed by atoms with van der Waals surface area (Å²) in [5.41, 5.74) is 10.5. The zero-order chi connectivity index (χ0) is 14.1. The van der Waals surface area contributed by atoms with Gasteiger partial charge < -0.3 is 11.1 Å². The van der Waals surface area contributed by atoms with Crippen LogP contribution >= 0.6 is 0 Å². The standard InChI is InChI=1S/C15H17N5/c1-3-12-15(9-20(2)19-12)18-13-6-7-17-14-8-10(16)4-5-11(13)14/h4-9H,3,16H2,1-2H3,(H,17,18). The van der Waals surface area contributed by atoms with Crippen molar-refractivity contribution < 1.29 is 0 Å². The number of pyridine rings is 1. The van der Waals surface area contributed by atoms with Gasteiger partial charge in [-0.1, -0.05) is 6.92 Å². The van der Waals surface area contributed by atoms with Gasteiger partial charge in [0.2, 0.25) is 0 Å². The van der Waals surface area contributed by atoms with Crippen LogP contribution in [0.5, 0.6) is 0 Å². The molecule has 1 aromatic carbocycles. The summed E-state index contributed by atoms with van der Waals surface area (Å²) in [6.45, 7) is 2.10. The fraction of sp³-hybridized carbons (Fsp3) is 0.200. The van der Waals surface area contributed by atoms with Gasteiger partial charge in [-0.3, -0.25) is 9.67 Å². The molecule has 5 heteroatoms. The largest absolute Gasteiger partial charge is 0.399 e. The summed E-state index contributed by atoms with van der Waals surface area (Å²) in [7, 11) is 1.93. The first kappa shape index (κ1) is 12.5. The molecule has 0 saturated heterocycles. The van der Waals surface area contributed by atoms with Gasteiger partial charge in [-0.25, -0.2) is 0 Å². The average Bonchev–Trinajstić information content (AvgIpc) is 2.78. The minimum Gasteiger partial charge on any atom is -0.399 e. The van der Waals surface area contributed by atoms with Gasteiger partial charge in [0.25, 0.3) is 0 Å². The number of aromatic nitrogens is 3. The van der Waals surface area contributed by atoms with E-state index in [0.29, 0.717) is 0 Å². The molecule has 2 aromatic heterocycles. The third-order valence-electron chi connectivity index (χ3n) is 3.28. The second-order valence-corrected chi connectivity index (χ2v) is 4.78. The van der Waals surface area contributed by atoms with Crippen molar-refractivity contribution in [2.24, 2.45) is 7.05 Å². The monoisotopic (exact) mass is 267 g/mol. The lowest BCUT2D eigenvalue weighted by molar-refractivity contribution is 0.746. The van der Waals surface area contributed by atoms with E-state index in [2.05, 4.69) is 22.3 Å². The number of aryl methyl sites for hydroxylation is 2. The van der Waals surface area contributed by atoms with Crippen LogP contribution < -0.4 is 11.1 Å². The van der Waals surface area contributed by atoms with E-state index in [1.54, 1.807) is 6.20 Å². The molecule has 0 unspecified atom stereocenters. The normalized spacial score (nSPS) is 10.9. The number of fused-ring (bicyclic) bond motifs is 1. The van der Waals surface area contributed by atoms with Gasteiger partial charge in [0.05, 0.1) is 16.9 Å². The number of nitrogens with one attached hydrogen (secondary N) is 1. The Morgan fingerprint density at radius 1 is 1.25 bits per heavy atom. The molecular weight excluding hydrogens is 250 g/mol. The predicted molar refractivity (Wildman–Crippen MR) is 82.0 cm³/mol. The Hall–Kier alpha value is -2.56. The summed E-state index contributed by atoms with van der Waals surface area (Å²) in [6.07, 6.45) is 4.66. The molecule has 2 heterocycles. The van der Waals surface area contributed by atoms with E-state index in [9.17, 15) is 0 Å². The molecule has 0 aliphatic carbocycles. The Morgan fingerprint density at radius 3 is 2.90 bits per heavy atom. The van der Waals surface area contributed by atoms with Gasteiger partial charge in [-0.2, -0.15) is 5.10 Å². The van der Waals surface area contributed by atoms with E-state index in [-0.39, 0.29) is 0 Å². The summed E-state index contributed by atoms with van der Waals surface area (Å²) in [5, 5.41) is 8.93. The average molecular weight is 267 g/mol. The number of hydrogen-bond acceptors (Lipinski definition) is 4. The maximum absolute atomic E-state index is 5.80. The zero-order valence-corrected chi connectivity index (χ0v) is 11.6. The summed E-state index contributed by atoms with van der Waals surface area (Å²) in [6, 6.07) is 7.72. The molecule has 0 saturated carbocycles. The molecule has 0 atom stereocenters. The van der Waals surface area contributed by atoms with E-state index in [1.807, 2.05) is 42.2 Å². The fourth-order valence-corrected chi connectivity index (χ4v) is 2.32. The molecule has 0 spiro atoms. The number of hydrogen-bond donors (Lipinski definition) is 2. The summed E-state index contributed by atoms with van der Waals surface area (Å²) in [5.74, 6) is 0. The number of nitrogens with zero attached hydrogens (tertiary/aromatic N) is 3. The van der Waals surface area contributed by atoms with Crippen LogP contribution in [0, 0.1) is 0 Å². The first-order valence-electron chi connectivity index (χ1n) is 6.61. The van der Waals surface area contributed by atoms with E-state index in [1.165, 1.54) is 0 Å². The highest BCUT2D eigenvalue weighted by atomic mass is 15.3. The first-order chi connectivity index (χ1) is 9.67. The Labute approximate surface area is 117 Å². The van der Waals surface area contributed by atoms with E-state index < -0.39 is 0 Å². The van der Waals surface area contributed by atoms with Crippen LogP contribution in [0.4, 0.5) is 17.1 Å². The molecule has 0 amide bonds. The molecule has 0 aliphatic rings.